The molecule has 0 radical (unpaired) electrons. The van der Waals surface area contributed by atoms with Gasteiger partial charge in [-0.3, -0.25) is 14.5 Å². The molecule has 2 aliphatic rings. The van der Waals surface area contributed by atoms with E-state index in [0.717, 1.165) is 11.3 Å². The number of rotatable bonds is 6. The molecule has 1 aliphatic carbocycles. The number of carbonyl (C=O) groups excluding carboxylic acids is 2. The van der Waals surface area contributed by atoms with Crippen molar-refractivity contribution in [1.82, 2.24) is 10.2 Å². The van der Waals surface area contributed by atoms with Gasteiger partial charge in [0, 0.05) is 33.4 Å². The van der Waals surface area contributed by atoms with Crippen molar-refractivity contribution in [3.05, 3.63) is 86.3 Å². The molecule has 0 saturated carbocycles. The zero-order chi connectivity index (χ0) is 27.7. The monoisotopic (exact) mass is 596 g/mol. The van der Waals surface area contributed by atoms with Crippen LogP contribution in [0.5, 0.6) is 0 Å². The van der Waals surface area contributed by atoms with Crippen LogP contribution in [0.15, 0.2) is 69.5 Å². The van der Waals surface area contributed by atoms with E-state index >= 15 is 0 Å². The standard InChI is InChI=1S/C27H22Cl2N6O2S2/c1-14-4-2-5-16(10-14)32-22(37)13-38-27-34-33-26(39-27)35-20-6-3-7-21(36)24(20)23(18(12-30)25(35)31)17-9-8-15(28)11-19(17)29/h2,4-5,8-11,23H,3,6-7,13,31H2,1H3,(H,32,37). The van der Waals surface area contributed by atoms with E-state index in [1.807, 2.05) is 31.2 Å². The average Bonchev–Trinajstić information content (AvgIpc) is 3.36. The molecule has 1 unspecified atom stereocenters. The molecule has 198 valence electrons. The normalized spacial score (nSPS) is 17.2. The molecule has 1 aliphatic heterocycles. The van der Waals surface area contributed by atoms with Gasteiger partial charge in [-0.1, -0.05) is 64.5 Å². The van der Waals surface area contributed by atoms with Crippen LogP contribution in [0.2, 0.25) is 10.0 Å². The van der Waals surface area contributed by atoms with Gasteiger partial charge in [0.15, 0.2) is 10.1 Å². The highest BCUT2D eigenvalue weighted by atomic mass is 35.5. The lowest BCUT2D eigenvalue weighted by atomic mass is 9.76. The Morgan fingerprint density at radius 1 is 1.26 bits per heavy atom. The van der Waals surface area contributed by atoms with Crippen molar-refractivity contribution in [2.75, 3.05) is 16.0 Å². The van der Waals surface area contributed by atoms with Crippen LogP contribution >= 0.6 is 46.3 Å². The number of nitrogens with two attached hydrogens (primary N) is 1. The second-order valence-electron chi connectivity index (χ2n) is 9.04. The maximum Gasteiger partial charge on any atom is 0.234 e. The first-order valence-electron chi connectivity index (χ1n) is 12.0. The second kappa shape index (κ2) is 11.4. The lowest BCUT2D eigenvalue weighted by Gasteiger charge is -2.38. The Balaban J connectivity index is 1.44. The maximum absolute atomic E-state index is 13.3. The lowest BCUT2D eigenvalue weighted by molar-refractivity contribution is -0.116. The van der Waals surface area contributed by atoms with Crippen LogP contribution in [0.3, 0.4) is 0 Å². The van der Waals surface area contributed by atoms with Gasteiger partial charge < -0.3 is 11.1 Å². The summed E-state index contributed by atoms with van der Waals surface area (Å²) in [5.74, 6) is -0.625. The number of halogens is 2. The number of hydrogen-bond donors (Lipinski definition) is 2. The third-order valence-corrected chi connectivity index (χ3v) is 9.01. The van der Waals surface area contributed by atoms with E-state index < -0.39 is 5.92 Å². The van der Waals surface area contributed by atoms with E-state index in [2.05, 4.69) is 21.6 Å². The van der Waals surface area contributed by atoms with Crippen LogP contribution in [0.1, 0.15) is 36.3 Å². The van der Waals surface area contributed by atoms with Crippen molar-refractivity contribution in [1.29, 1.82) is 5.26 Å². The molecule has 0 bridgehead atoms. The number of nitrogens with one attached hydrogen (secondary N) is 1. The van der Waals surface area contributed by atoms with Gasteiger partial charge in [-0.05, 0) is 55.2 Å². The third-order valence-electron chi connectivity index (χ3n) is 6.40. The SMILES string of the molecule is Cc1cccc(NC(=O)CSc2nnc(N3C(N)=C(C#N)C(c4ccc(Cl)cc4Cl)C4=C3CCCC4=O)s2)c1. The minimum atomic E-state index is -0.703. The first kappa shape index (κ1) is 27.2. The number of amides is 1. The average molecular weight is 598 g/mol. The molecule has 12 heteroatoms. The van der Waals surface area contributed by atoms with Crippen LogP contribution in [-0.4, -0.2) is 27.6 Å². The van der Waals surface area contributed by atoms with Gasteiger partial charge in [0.05, 0.1) is 23.3 Å². The first-order valence-corrected chi connectivity index (χ1v) is 14.6. The number of thioether (sulfide) groups is 1. The van der Waals surface area contributed by atoms with Gasteiger partial charge in [-0.2, -0.15) is 5.26 Å². The van der Waals surface area contributed by atoms with Crippen molar-refractivity contribution in [3.63, 3.8) is 0 Å². The number of hydrogen-bond acceptors (Lipinski definition) is 9. The Bertz CT molecular complexity index is 1590. The van der Waals surface area contributed by atoms with E-state index in [9.17, 15) is 14.9 Å². The van der Waals surface area contributed by atoms with Crippen LogP contribution in [0, 0.1) is 18.3 Å². The molecule has 5 rings (SSSR count). The van der Waals surface area contributed by atoms with Crippen molar-refractivity contribution in [3.8, 4) is 6.07 Å². The minimum Gasteiger partial charge on any atom is -0.384 e. The molecule has 3 aromatic rings. The zero-order valence-electron chi connectivity index (χ0n) is 20.7. The molecule has 8 nitrogen and oxygen atoms in total. The number of aromatic nitrogens is 2. The minimum absolute atomic E-state index is 0.0653. The van der Waals surface area contributed by atoms with Crippen LogP contribution in [-0.2, 0) is 9.59 Å². The highest BCUT2D eigenvalue weighted by Crippen LogP contribution is 2.48. The highest BCUT2D eigenvalue weighted by molar-refractivity contribution is 8.01. The summed E-state index contributed by atoms with van der Waals surface area (Å²) in [6, 6.07) is 14.8. The molecule has 3 N–H and O–H groups in total. The number of Topliss-reactive ketones (excluding diaryl/α,β-unsaturated/α-hetero) is 1. The van der Waals surface area contributed by atoms with Gasteiger partial charge in [0.1, 0.15) is 5.82 Å². The number of anilines is 2. The topological polar surface area (TPSA) is 125 Å². The fraction of sp³-hybridized carbons (Fsp3) is 0.222. The Hall–Kier alpha value is -3.36. The third kappa shape index (κ3) is 5.54. The van der Waals surface area contributed by atoms with Gasteiger partial charge in [0.2, 0.25) is 11.0 Å². The number of aryl methyl sites for hydroxylation is 1. The van der Waals surface area contributed by atoms with Gasteiger partial charge in [0.25, 0.3) is 0 Å². The second-order valence-corrected chi connectivity index (χ2v) is 12.1. The summed E-state index contributed by atoms with van der Waals surface area (Å²) in [5, 5.41) is 22.8. The largest absolute Gasteiger partial charge is 0.384 e. The summed E-state index contributed by atoms with van der Waals surface area (Å²) in [5.41, 5.74) is 10.3. The smallest absolute Gasteiger partial charge is 0.234 e. The number of allylic oxidation sites excluding steroid dienone is 3. The molecule has 2 aromatic carbocycles. The molecule has 1 atom stereocenters. The quantitative estimate of drug-likeness (QED) is 0.323. The first-order chi connectivity index (χ1) is 18.8. The Kier molecular flexibility index (Phi) is 7.96. The van der Waals surface area contributed by atoms with Crippen molar-refractivity contribution in [2.45, 2.75) is 36.4 Å². The summed E-state index contributed by atoms with van der Waals surface area (Å²) < 4.78 is 0.558. The van der Waals surface area contributed by atoms with Gasteiger partial charge in [-0.15, -0.1) is 10.2 Å². The Morgan fingerprint density at radius 3 is 2.82 bits per heavy atom. The summed E-state index contributed by atoms with van der Waals surface area (Å²) >= 11 is 15.1. The molecule has 1 amide bonds. The zero-order valence-corrected chi connectivity index (χ0v) is 23.8. The predicted molar refractivity (Wildman–Crippen MR) is 155 cm³/mol. The molecular formula is C27H22Cl2N6O2S2. The van der Waals surface area contributed by atoms with Crippen molar-refractivity contribution >= 4 is 68.8 Å². The van der Waals surface area contributed by atoms with E-state index in [-0.39, 0.29) is 28.8 Å². The van der Waals surface area contributed by atoms with Gasteiger partial charge in [-0.25, -0.2) is 0 Å². The predicted octanol–water partition coefficient (Wildman–Crippen LogP) is 6.19. The number of ketones is 1. The summed E-state index contributed by atoms with van der Waals surface area (Å²) in [7, 11) is 0. The Labute approximate surface area is 243 Å². The number of benzene rings is 2. The number of carbonyl (C=O) groups is 2. The van der Waals surface area contributed by atoms with Crippen molar-refractivity contribution < 1.29 is 9.59 Å². The van der Waals surface area contributed by atoms with Crippen LogP contribution in [0.25, 0.3) is 0 Å². The molecule has 0 fully saturated rings. The van der Waals surface area contributed by atoms with E-state index in [0.29, 0.717) is 55.6 Å². The maximum atomic E-state index is 13.3. The molecule has 39 heavy (non-hydrogen) atoms. The van der Waals surface area contributed by atoms with E-state index in [4.69, 9.17) is 28.9 Å². The lowest BCUT2D eigenvalue weighted by Crippen LogP contribution is -2.38. The van der Waals surface area contributed by atoms with Crippen LogP contribution < -0.4 is 16.0 Å². The highest BCUT2D eigenvalue weighted by Gasteiger charge is 2.42. The fourth-order valence-electron chi connectivity index (χ4n) is 4.75. The molecular weight excluding hydrogens is 575 g/mol. The molecule has 2 heterocycles. The van der Waals surface area contributed by atoms with E-state index in [1.54, 1.807) is 23.1 Å². The Morgan fingerprint density at radius 2 is 2.08 bits per heavy atom. The molecule has 0 spiro atoms. The fourth-order valence-corrected chi connectivity index (χ4v) is 6.95. The molecule has 1 aromatic heterocycles. The number of nitrogens with zero attached hydrogens (tertiary/aromatic N) is 4. The summed E-state index contributed by atoms with van der Waals surface area (Å²) in [6.07, 6.45) is 1.58. The summed E-state index contributed by atoms with van der Waals surface area (Å²) in [6.45, 7) is 1.96. The number of nitriles is 1. The van der Waals surface area contributed by atoms with Crippen LogP contribution in [0.4, 0.5) is 10.8 Å². The molecule has 0 saturated heterocycles. The van der Waals surface area contributed by atoms with Crippen molar-refractivity contribution in [2.24, 2.45) is 5.73 Å². The van der Waals surface area contributed by atoms with E-state index in [1.165, 1.54) is 23.1 Å². The van der Waals surface area contributed by atoms with Gasteiger partial charge >= 0.3 is 0 Å². The summed E-state index contributed by atoms with van der Waals surface area (Å²) in [4.78, 5) is 27.4.